The smallest absolute Gasteiger partial charge is 0.760 e. The van der Waals surface area contributed by atoms with Crippen molar-refractivity contribution in [2.45, 2.75) is 17.1 Å². The second-order valence-electron chi connectivity index (χ2n) is 3.32. The second kappa shape index (κ2) is 5.71. The summed E-state index contributed by atoms with van der Waals surface area (Å²) in [5.74, 6) is 1.45. The monoisotopic (exact) mass is 278 g/mol. The summed E-state index contributed by atoms with van der Waals surface area (Å²) < 4.78 is 2.88. The van der Waals surface area contributed by atoms with Gasteiger partial charge in [0.1, 0.15) is 5.69 Å². The van der Waals surface area contributed by atoms with E-state index >= 15 is 0 Å². The van der Waals surface area contributed by atoms with E-state index in [9.17, 15) is 4.79 Å². The molecule has 5 nitrogen and oxygen atoms in total. The molecule has 17 heavy (non-hydrogen) atoms. The molecule has 2 aliphatic heterocycles. The normalized spacial score (nSPS) is 10.5. The quantitative estimate of drug-likeness (QED) is 0.266. The topological polar surface area (TPSA) is 52.7 Å². The number of thioether (sulfide) groups is 1. The minimum absolute atomic E-state index is 0. The summed E-state index contributed by atoms with van der Waals surface area (Å²) in [6, 6.07) is 0. The van der Waals surface area contributed by atoms with Gasteiger partial charge in [-0.3, -0.25) is 4.57 Å². The Balaban J connectivity index is 0.00000144. The van der Waals surface area contributed by atoms with Crippen molar-refractivity contribution < 1.29 is 29.6 Å². The molecular formula is C9H11N4NaOS2. The van der Waals surface area contributed by atoms with Crippen molar-refractivity contribution in [3.8, 4) is 11.5 Å². The SMILES string of the molecule is CCSc1nc2c([S-])n(C)c(=O)n(C)c-2n1.[Na+]. The predicted octanol–water partition coefficient (Wildman–Crippen LogP) is -2.36. The summed E-state index contributed by atoms with van der Waals surface area (Å²) in [5.41, 5.74) is 0.445. The first-order valence-electron chi connectivity index (χ1n) is 4.79. The largest absolute Gasteiger partial charge is 1.00 e. The van der Waals surface area contributed by atoms with Crippen LogP contribution in [0.25, 0.3) is 11.5 Å². The first-order chi connectivity index (χ1) is 7.56. The van der Waals surface area contributed by atoms with Crippen LogP contribution in [-0.2, 0) is 26.7 Å². The molecule has 0 spiro atoms. The molecule has 0 atom stereocenters. The maximum absolute atomic E-state index is 11.8. The number of hydrogen-bond acceptors (Lipinski definition) is 5. The number of rotatable bonds is 2. The van der Waals surface area contributed by atoms with Crippen LogP contribution in [0.3, 0.4) is 0 Å². The average Bonchev–Trinajstić information content (AvgIpc) is 2.68. The molecule has 0 amide bonds. The summed E-state index contributed by atoms with van der Waals surface area (Å²) >= 11 is 6.71. The zero-order valence-electron chi connectivity index (χ0n) is 10.2. The Morgan fingerprint density at radius 2 is 1.94 bits per heavy atom. The van der Waals surface area contributed by atoms with Crippen molar-refractivity contribution in [3.05, 3.63) is 10.5 Å². The second-order valence-corrected chi connectivity index (χ2v) is 4.94. The molecule has 0 fully saturated rings. The fraction of sp³-hybridized carbons (Fsp3) is 0.444. The first kappa shape index (κ1) is 15.0. The van der Waals surface area contributed by atoms with Crippen LogP contribution < -0.4 is 35.2 Å². The van der Waals surface area contributed by atoms with Gasteiger partial charge in [0.2, 0.25) is 0 Å². The Kier molecular flexibility index (Phi) is 5.03. The molecule has 86 valence electrons. The Bertz CT molecular complexity index is 565. The number of imidazole rings is 1. The summed E-state index contributed by atoms with van der Waals surface area (Å²) in [6.45, 7) is 2.03. The van der Waals surface area contributed by atoms with Crippen molar-refractivity contribution in [1.29, 1.82) is 0 Å². The number of nitrogens with zero attached hydrogens (tertiary/aromatic N) is 4. The van der Waals surface area contributed by atoms with Gasteiger partial charge in [0, 0.05) is 14.1 Å². The summed E-state index contributed by atoms with van der Waals surface area (Å²) in [4.78, 5) is 20.4. The van der Waals surface area contributed by atoms with Crippen LogP contribution in [0.5, 0.6) is 0 Å². The third kappa shape index (κ3) is 2.53. The van der Waals surface area contributed by atoms with Crippen molar-refractivity contribution in [3.63, 3.8) is 0 Å². The minimum Gasteiger partial charge on any atom is -0.760 e. The number of aromatic nitrogens is 4. The molecule has 2 heterocycles. The van der Waals surface area contributed by atoms with Crippen LogP contribution in [0.15, 0.2) is 15.0 Å². The molecule has 0 aliphatic carbocycles. The molecule has 0 aromatic heterocycles. The van der Waals surface area contributed by atoms with Gasteiger partial charge in [-0.05, 0) is 5.75 Å². The van der Waals surface area contributed by atoms with Crippen LogP contribution >= 0.6 is 11.8 Å². The van der Waals surface area contributed by atoms with Crippen molar-refractivity contribution >= 4 is 24.4 Å². The molecule has 0 aromatic carbocycles. The molecule has 2 rings (SSSR count). The van der Waals surface area contributed by atoms with Gasteiger partial charge in [0.05, 0.1) is 0 Å². The van der Waals surface area contributed by atoms with E-state index in [0.29, 0.717) is 21.7 Å². The van der Waals surface area contributed by atoms with Crippen LogP contribution in [0, 0.1) is 0 Å². The van der Waals surface area contributed by atoms with Gasteiger partial charge in [0.25, 0.3) is 0 Å². The first-order valence-corrected chi connectivity index (χ1v) is 6.19. The van der Waals surface area contributed by atoms with E-state index in [4.69, 9.17) is 12.6 Å². The maximum atomic E-state index is 11.8. The molecular weight excluding hydrogens is 267 g/mol. The summed E-state index contributed by atoms with van der Waals surface area (Å²) in [5, 5.41) is 1.11. The third-order valence-electron chi connectivity index (χ3n) is 2.29. The van der Waals surface area contributed by atoms with Crippen molar-refractivity contribution in [1.82, 2.24) is 19.1 Å². The zero-order chi connectivity index (χ0) is 11.9. The molecule has 0 saturated heterocycles. The van der Waals surface area contributed by atoms with E-state index < -0.39 is 0 Å². The fourth-order valence-electron chi connectivity index (χ4n) is 1.45. The summed E-state index contributed by atoms with van der Waals surface area (Å²) in [6.07, 6.45) is 0. The molecule has 2 aliphatic rings. The van der Waals surface area contributed by atoms with E-state index in [0.717, 1.165) is 5.75 Å². The van der Waals surface area contributed by atoms with E-state index in [2.05, 4.69) is 9.97 Å². The van der Waals surface area contributed by atoms with Crippen molar-refractivity contribution in [2.24, 2.45) is 14.1 Å². The van der Waals surface area contributed by atoms with Crippen LogP contribution in [0.2, 0.25) is 0 Å². The van der Waals surface area contributed by atoms with E-state index in [1.807, 2.05) is 6.92 Å². The molecule has 8 heteroatoms. The fourth-order valence-corrected chi connectivity index (χ4v) is 2.23. The molecule has 0 saturated carbocycles. The maximum Gasteiger partial charge on any atom is 1.00 e. The Morgan fingerprint density at radius 1 is 1.29 bits per heavy atom. The van der Waals surface area contributed by atoms with Gasteiger partial charge in [-0.15, -0.1) is 0 Å². The molecule has 0 radical (unpaired) electrons. The molecule has 0 aromatic rings. The van der Waals surface area contributed by atoms with Gasteiger partial charge < -0.3 is 17.2 Å². The Hall–Kier alpha value is -0.0800. The van der Waals surface area contributed by atoms with Gasteiger partial charge in [0.15, 0.2) is 11.0 Å². The van der Waals surface area contributed by atoms with Crippen LogP contribution in [0.1, 0.15) is 6.92 Å². The van der Waals surface area contributed by atoms with E-state index in [1.165, 1.54) is 20.9 Å². The minimum atomic E-state index is -0.176. The van der Waals surface area contributed by atoms with E-state index in [1.54, 1.807) is 14.1 Å². The van der Waals surface area contributed by atoms with Gasteiger partial charge in [-0.1, -0.05) is 23.7 Å². The van der Waals surface area contributed by atoms with Gasteiger partial charge in [-0.2, -0.15) is 0 Å². The predicted molar refractivity (Wildman–Crippen MR) is 64.9 cm³/mol. The molecule has 0 bridgehead atoms. The summed E-state index contributed by atoms with van der Waals surface area (Å²) in [7, 11) is 3.32. The Labute approximate surface area is 131 Å². The number of fused-ring (bicyclic) bond motifs is 1. The molecule has 0 N–H and O–H groups in total. The third-order valence-corrected chi connectivity index (χ3v) is 3.49. The van der Waals surface area contributed by atoms with Crippen molar-refractivity contribution in [2.75, 3.05) is 5.75 Å². The van der Waals surface area contributed by atoms with Gasteiger partial charge >= 0.3 is 35.2 Å². The van der Waals surface area contributed by atoms with E-state index in [-0.39, 0.29) is 35.2 Å². The standard InChI is InChI=1S/C9H12N4OS2.Na/c1-4-16-8-10-5-6(11-8)12(2)9(14)13(3)7(5)15;/h15H,4H2,1-3H3;/q;+1/p-1. The van der Waals surface area contributed by atoms with Gasteiger partial charge in [-0.25, -0.2) is 14.8 Å². The zero-order valence-corrected chi connectivity index (χ0v) is 13.9. The molecule has 0 unspecified atom stereocenters. The van der Waals surface area contributed by atoms with Crippen LogP contribution in [-0.4, -0.2) is 24.9 Å². The average molecular weight is 278 g/mol. The van der Waals surface area contributed by atoms with Crippen LogP contribution in [0.4, 0.5) is 0 Å². The number of hydrogen-bond donors (Lipinski definition) is 0. The Morgan fingerprint density at radius 3 is 2.53 bits per heavy atom.